The topological polar surface area (TPSA) is 73.0 Å². The molecular weight excluding hydrogens is 450 g/mol. The molecule has 7 rings (SSSR count). The highest BCUT2D eigenvalue weighted by Gasteiger charge is 2.45. The predicted molar refractivity (Wildman–Crippen MR) is 142 cm³/mol. The van der Waals surface area contributed by atoms with Crippen LogP contribution in [-0.2, 0) is 31.3 Å². The third-order valence-corrected chi connectivity index (χ3v) is 8.78. The molecule has 3 aromatic heterocycles. The van der Waals surface area contributed by atoms with Crippen molar-refractivity contribution < 1.29 is 4.74 Å². The number of nitrogens with one attached hydrogen (secondary N) is 1. The highest BCUT2D eigenvalue weighted by atomic mass is 16.5. The summed E-state index contributed by atoms with van der Waals surface area (Å²) in [6, 6.07) is 2.20. The Morgan fingerprint density at radius 3 is 2.72 bits per heavy atom. The number of fused-ring (bicyclic) bond motifs is 4. The number of nitrogens with zero attached hydrogens (tertiary/aromatic N) is 6. The van der Waals surface area contributed by atoms with E-state index >= 15 is 0 Å². The Morgan fingerprint density at radius 2 is 2.00 bits per heavy atom. The zero-order valence-electron chi connectivity index (χ0n) is 22.6. The highest BCUT2D eigenvalue weighted by molar-refractivity contribution is 5.89. The SMILES string of the molecule is COC(C)(C)CNC12CCC(Cn3nc(C)c4c3CCN(c3cc(C)nc5c3cnn5C)C4)=C(C1)C2. The van der Waals surface area contributed by atoms with E-state index in [-0.39, 0.29) is 11.1 Å². The number of methoxy groups -OCH3 is 1. The fourth-order valence-corrected chi connectivity index (χ4v) is 6.30. The first-order valence-corrected chi connectivity index (χ1v) is 13.3. The number of anilines is 1. The molecule has 8 heteroatoms. The van der Waals surface area contributed by atoms with Crippen LogP contribution in [0, 0.1) is 13.8 Å². The van der Waals surface area contributed by atoms with Gasteiger partial charge in [0, 0.05) is 62.7 Å². The third-order valence-electron chi connectivity index (χ3n) is 8.78. The maximum absolute atomic E-state index is 5.61. The average Bonchev–Trinajstić information content (AvgIpc) is 3.36. The van der Waals surface area contributed by atoms with Crippen molar-refractivity contribution in [2.75, 3.05) is 25.1 Å². The van der Waals surface area contributed by atoms with Crippen molar-refractivity contribution in [3.63, 3.8) is 0 Å². The summed E-state index contributed by atoms with van der Waals surface area (Å²) in [5.74, 6) is 0. The molecule has 2 bridgehead atoms. The average molecular weight is 490 g/mol. The van der Waals surface area contributed by atoms with Crippen LogP contribution in [0.3, 0.4) is 0 Å². The quantitative estimate of drug-likeness (QED) is 0.506. The lowest BCUT2D eigenvalue weighted by Crippen LogP contribution is -2.58. The summed E-state index contributed by atoms with van der Waals surface area (Å²) >= 11 is 0. The Bertz CT molecular complexity index is 1350. The lowest BCUT2D eigenvalue weighted by molar-refractivity contribution is 0.0114. The molecule has 0 aromatic carbocycles. The van der Waals surface area contributed by atoms with Crippen LogP contribution in [0.4, 0.5) is 5.69 Å². The molecule has 8 nitrogen and oxygen atoms in total. The van der Waals surface area contributed by atoms with Gasteiger partial charge in [-0.3, -0.25) is 9.36 Å². The zero-order valence-corrected chi connectivity index (χ0v) is 22.6. The molecule has 0 unspecified atom stereocenters. The van der Waals surface area contributed by atoms with E-state index in [1.807, 2.05) is 17.9 Å². The van der Waals surface area contributed by atoms with Gasteiger partial charge in [0.2, 0.25) is 0 Å². The van der Waals surface area contributed by atoms with Crippen LogP contribution >= 0.6 is 0 Å². The molecule has 1 saturated carbocycles. The third kappa shape index (κ3) is 3.95. The van der Waals surface area contributed by atoms with E-state index in [1.54, 1.807) is 18.3 Å². The molecule has 0 radical (unpaired) electrons. The number of hydrogen-bond acceptors (Lipinski definition) is 6. The van der Waals surface area contributed by atoms with Crippen LogP contribution in [-0.4, -0.2) is 55.9 Å². The Hall–Kier alpha value is -2.71. The monoisotopic (exact) mass is 489 g/mol. The molecule has 4 heterocycles. The summed E-state index contributed by atoms with van der Waals surface area (Å²) in [7, 11) is 3.76. The summed E-state index contributed by atoms with van der Waals surface area (Å²) in [4.78, 5) is 7.19. The standard InChI is InChI=1S/C28H39N7O/c1-18-11-25(22-14-30-33(5)26(22)31-18)34-10-8-24-23(16-34)19(2)32-35(24)15-20-7-9-28(12-21(20)13-28)29-17-27(3,4)36-6/h11,14,29H,7-10,12-13,15-17H2,1-6H3. The summed E-state index contributed by atoms with van der Waals surface area (Å²) in [6.07, 6.45) is 7.71. The van der Waals surface area contributed by atoms with Crippen LogP contribution in [0.5, 0.6) is 0 Å². The summed E-state index contributed by atoms with van der Waals surface area (Å²) in [6.45, 7) is 12.3. The Kier molecular flexibility index (Phi) is 5.53. The van der Waals surface area contributed by atoms with Crippen LogP contribution in [0.2, 0.25) is 0 Å². The smallest absolute Gasteiger partial charge is 0.159 e. The van der Waals surface area contributed by atoms with E-state index in [1.165, 1.54) is 42.6 Å². The highest BCUT2D eigenvalue weighted by Crippen LogP contribution is 2.49. The van der Waals surface area contributed by atoms with Crippen molar-refractivity contribution in [2.24, 2.45) is 7.05 Å². The number of pyridine rings is 1. The van der Waals surface area contributed by atoms with Crippen molar-refractivity contribution in [3.05, 3.63) is 46.1 Å². The van der Waals surface area contributed by atoms with Gasteiger partial charge < -0.3 is 15.0 Å². The van der Waals surface area contributed by atoms with Gasteiger partial charge in [0.25, 0.3) is 0 Å². The van der Waals surface area contributed by atoms with Crippen LogP contribution in [0.15, 0.2) is 23.4 Å². The van der Waals surface area contributed by atoms with Gasteiger partial charge in [-0.2, -0.15) is 10.2 Å². The summed E-state index contributed by atoms with van der Waals surface area (Å²) in [5.41, 5.74) is 10.6. The molecule has 0 spiro atoms. The molecule has 1 aliphatic heterocycles. The number of allylic oxidation sites excluding steroid dienone is 1. The number of rotatable bonds is 7. The number of ether oxygens (including phenoxy) is 1. The Balaban J connectivity index is 1.19. The minimum atomic E-state index is -0.119. The molecule has 0 saturated heterocycles. The maximum Gasteiger partial charge on any atom is 0.159 e. The lowest BCUT2D eigenvalue weighted by atomic mass is 9.62. The normalized spacial score (nSPS) is 19.1. The van der Waals surface area contributed by atoms with Crippen LogP contribution < -0.4 is 10.2 Å². The van der Waals surface area contributed by atoms with Gasteiger partial charge in [0.1, 0.15) is 0 Å². The van der Waals surface area contributed by atoms with Crippen molar-refractivity contribution in [1.29, 1.82) is 0 Å². The fourth-order valence-electron chi connectivity index (χ4n) is 6.30. The van der Waals surface area contributed by atoms with Crippen LogP contribution in [0.25, 0.3) is 11.0 Å². The molecule has 3 aliphatic carbocycles. The second kappa shape index (κ2) is 8.42. The van der Waals surface area contributed by atoms with Crippen molar-refractivity contribution in [3.8, 4) is 0 Å². The predicted octanol–water partition coefficient (Wildman–Crippen LogP) is 3.98. The first kappa shape index (κ1) is 23.7. The van der Waals surface area contributed by atoms with Gasteiger partial charge in [0.15, 0.2) is 5.65 Å². The van der Waals surface area contributed by atoms with Crippen molar-refractivity contribution in [1.82, 2.24) is 29.9 Å². The minimum Gasteiger partial charge on any atom is -0.377 e. The second-order valence-electron chi connectivity index (χ2n) is 11.8. The van der Waals surface area contributed by atoms with Gasteiger partial charge in [-0.15, -0.1) is 0 Å². The van der Waals surface area contributed by atoms with E-state index in [2.05, 4.69) is 53.8 Å². The lowest BCUT2D eigenvalue weighted by Gasteiger charge is -2.51. The molecule has 4 aliphatic rings. The largest absolute Gasteiger partial charge is 0.377 e. The Labute approximate surface area is 213 Å². The molecule has 0 amide bonds. The maximum atomic E-state index is 5.61. The molecule has 192 valence electrons. The zero-order chi connectivity index (χ0) is 25.2. The van der Waals surface area contributed by atoms with Gasteiger partial charge in [-0.05, 0) is 65.0 Å². The van der Waals surface area contributed by atoms with Crippen molar-refractivity contribution in [2.45, 2.75) is 84.0 Å². The van der Waals surface area contributed by atoms with Crippen LogP contribution in [0.1, 0.15) is 62.2 Å². The minimum absolute atomic E-state index is 0.119. The van der Waals surface area contributed by atoms with E-state index < -0.39 is 0 Å². The number of hydrogen-bond donors (Lipinski definition) is 1. The summed E-state index contributed by atoms with van der Waals surface area (Å²) in [5, 5.41) is 14.5. The van der Waals surface area contributed by atoms with Crippen molar-refractivity contribution >= 4 is 16.7 Å². The second-order valence-corrected chi connectivity index (χ2v) is 11.8. The number of aryl methyl sites for hydroxylation is 3. The Morgan fingerprint density at radius 1 is 1.19 bits per heavy atom. The van der Waals surface area contributed by atoms with Gasteiger partial charge in [-0.1, -0.05) is 5.57 Å². The molecular formula is C28H39N7O. The van der Waals surface area contributed by atoms with Gasteiger partial charge >= 0.3 is 0 Å². The van der Waals surface area contributed by atoms with E-state index in [0.29, 0.717) is 0 Å². The van der Waals surface area contributed by atoms with E-state index in [9.17, 15) is 0 Å². The molecule has 3 aromatic rings. The number of aromatic nitrogens is 5. The van der Waals surface area contributed by atoms with Gasteiger partial charge in [0.05, 0.1) is 35.1 Å². The fraction of sp³-hybridized carbons (Fsp3) is 0.607. The van der Waals surface area contributed by atoms with E-state index in [0.717, 1.165) is 55.0 Å². The first-order chi connectivity index (χ1) is 17.2. The van der Waals surface area contributed by atoms with E-state index in [4.69, 9.17) is 14.8 Å². The molecule has 1 fully saturated rings. The summed E-state index contributed by atoms with van der Waals surface area (Å²) < 4.78 is 9.79. The molecule has 1 N–H and O–H groups in total. The first-order valence-electron chi connectivity index (χ1n) is 13.3. The van der Waals surface area contributed by atoms with Gasteiger partial charge in [-0.25, -0.2) is 4.98 Å². The molecule has 36 heavy (non-hydrogen) atoms. The molecule has 0 atom stereocenters.